The Hall–Kier alpha value is -2.31. The molecule has 2 aromatic rings. The van der Waals surface area contributed by atoms with Crippen LogP contribution in [0.3, 0.4) is 0 Å². The number of nitrogens with one attached hydrogen (secondary N) is 1. The number of rotatable bonds is 2. The first-order chi connectivity index (χ1) is 9.11. The van der Waals surface area contributed by atoms with Crippen molar-refractivity contribution in [1.82, 2.24) is 0 Å². The summed E-state index contributed by atoms with van der Waals surface area (Å²) in [6.45, 7) is 1.85. The van der Waals surface area contributed by atoms with E-state index in [0.717, 1.165) is 5.56 Å². The van der Waals surface area contributed by atoms with Gasteiger partial charge in [0.05, 0.1) is 22.2 Å². The molecule has 0 aliphatic heterocycles. The van der Waals surface area contributed by atoms with E-state index in [1.165, 1.54) is 0 Å². The zero-order valence-corrected chi connectivity index (χ0v) is 11.0. The third kappa shape index (κ3) is 2.93. The number of nitrogens with zero attached hydrogens (tertiary/aromatic N) is 1. The second-order valence-electron chi connectivity index (χ2n) is 4.08. The van der Waals surface area contributed by atoms with E-state index < -0.39 is 0 Å². The maximum Gasteiger partial charge on any atom is 0.257 e. The number of aryl methyl sites for hydroxylation is 1. The Balaban J connectivity index is 2.21. The van der Waals surface area contributed by atoms with Crippen LogP contribution in [0.4, 0.5) is 5.69 Å². The molecule has 0 fully saturated rings. The number of anilines is 1. The Morgan fingerprint density at radius 1 is 1.21 bits per heavy atom. The second-order valence-corrected chi connectivity index (χ2v) is 4.46. The first-order valence-electron chi connectivity index (χ1n) is 5.68. The third-order valence-electron chi connectivity index (χ3n) is 2.71. The molecular formula is C15H11ClN2O. The van der Waals surface area contributed by atoms with Gasteiger partial charge in [0, 0.05) is 5.69 Å². The summed E-state index contributed by atoms with van der Waals surface area (Å²) in [6.07, 6.45) is 0. The Morgan fingerprint density at radius 3 is 2.53 bits per heavy atom. The Bertz CT molecular complexity index is 657. The van der Waals surface area contributed by atoms with Crippen molar-refractivity contribution in [1.29, 1.82) is 5.26 Å². The highest BCUT2D eigenvalue weighted by molar-refractivity contribution is 6.35. The first-order valence-corrected chi connectivity index (χ1v) is 6.06. The SMILES string of the molecule is Cc1cccc(C(=O)Nc2ccc(C#N)cc2)c1Cl. The lowest BCUT2D eigenvalue weighted by molar-refractivity contribution is 0.102. The average Bonchev–Trinajstić information content (AvgIpc) is 2.42. The van der Waals surface area contributed by atoms with Crippen molar-refractivity contribution in [2.45, 2.75) is 6.92 Å². The predicted molar refractivity (Wildman–Crippen MR) is 75.3 cm³/mol. The van der Waals surface area contributed by atoms with Gasteiger partial charge in [0.2, 0.25) is 0 Å². The van der Waals surface area contributed by atoms with Crippen molar-refractivity contribution in [2.24, 2.45) is 0 Å². The summed E-state index contributed by atoms with van der Waals surface area (Å²) >= 11 is 6.10. The van der Waals surface area contributed by atoms with Crippen LogP contribution in [0.25, 0.3) is 0 Å². The first kappa shape index (κ1) is 13.1. The highest BCUT2D eigenvalue weighted by atomic mass is 35.5. The molecule has 0 aromatic heterocycles. The smallest absolute Gasteiger partial charge is 0.257 e. The molecule has 0 unspecified atom stereocenters. The van der Waals surface area contributed by atoms with Gasteiger partial charge >= 0.3 is 0 Å². The summed E-state index contributed by atoms with van der Waals surface area (Å²) < 4.78 is 0. The maximum absolute atomic E-state index is 12.1. The van der Waals surface area contributed by atoms with Gasteiger partial charge in [-0.2, -0.15) is 5.26 Å². The Kier molecular flexibility index (Phi) is 3.84. The van der Waals surface area contributed by atoms with Crippen molar-refractivity contribution in [3.05, 3.63) is 64.2 Å². The van der Waals surface area contributed by atoms with Crippen LogP contribution in [-0.2, 0) is 0 Å². The van der Waals surface area contributed by atoms with Gasteiger partial charge in [0.25, 0.3) is 5.91 Å². The van der Waals surface area contributed by atoms with E-state index in [-0.39, 0.29) is 5.91 Å². The number of hydrogen-bond donors (Lipinski definition) is 1. The van der Waals surface area contributed by atoms with Crippen LogP contribution >= 0.6 is 11.6 Å². The molecule has 0 bridgehead atoms. The number of carbonyl (C=O) groups is 1. The minimum Gasteiger partial charge on any atom is -0.322 e. The summed E-state index contributed by atoms with van der Waals surface area (Å²) in [5, 5.41) is 11.9. The van der Waals surface area contributed by atoms with Crippen molar-refractivity contribution in [2.75, 3.05) is 5.32 Å². The molecule has 0 aliphatic carbocycles. The van der Waals surface area contributed by atoms with Gasteiger partial charge < -0.3 is 5.32 Å². The van der Waals surface area contributed by atoms with Gasteiger partial charge in [-0.3, -0.25) is 4.79 Å². The molecule has 1 N–H and O–H groups in total. The quantitative estimate of drug-likeness (QED) is 0.903. The molecule has 94 valence electrons. The zero-order chi connectivity index (χ0) is 13.8. The molecule has 3 nitrogen and oxygen atoms in total. The fraction of sp³-hybridized carbons (Fsp3) is 0.0667. The van der Waals surface area contributed by atoms with Gasteiger partial charge in [-0.1, -0.05) is 23.7 Å². The minimum absolute atomic E-state index is 0.265. The predicted octanol–water partition coefficient (Wildman–Crippen LogP) is 3.77. The summed E-state index contributed by atoms with van der Waals surface area (Å²) in [7, 11) is 0. The van der Waals surface area contributed by atoms with E-state index in [4.69, 9.17) is 16.9 Å². The number of amides is 1. The zero-order valence-electron chi connectivity index (χ0n) is 10.3. The molecule has 4 heteroatoms. The van der Waals surface area contributed by atoms with Crippen molar-refractivity contribution < 1.29 is 4.79 Å². The maximum atomic E-state index is 12.1. The molecule has 0 heterocycles. The molecular weight excluding hydrogens is 260 g/mol. The molecule has 2 rings (SSSR count). The van der Waals surface area contributed by atoms with Crippen molar-refractivity contribution >= 4 is 23.2 Å². The lowest BCUT2D eigenvalue weighted by Crippen LogP contribution is -2.12. The van der Waals surface area contributed by atoms with E-state index in [1.807, 2.05) is 19.1 Å². The number of halogens is 1. The van der Waals surface area contributed by atoms with Crippen LogP contribution in [0.5, 0.6) is 0 Å². The Morgan fingerprint density at radius 2 is 1.89 bits per heavy atom. The Labute approximate surface area is 116 Å². The molecule has 0 atom stereocenters. The monoisotopic (exact) mass is 270 g/mol. The normalized spacial score (nSPS) is 9.74. The minimum atomic E-state index is -0.265. The van der Waals surface area contributed by atoms with E-state index in [9.17, 15) is 4.79 Å². The van der Waals surface area contributed by atoms with E-state index in [0.29, 0.717) is 21.8 Å². The van der Waals surface area contributed by atoms with Crippen LogP contribution < -0.4 is 5.32 Å². The summed E-state index contributed by atoms with van der Waals surface area (Å²) in [5.41, 5.74) is 2.47. The van der Waals surface area contributed by atoms with E-state index in [2.05, 4.69) is 5.32 Å². The number of benzene rings is 2. The van der Waals surface area contributed by atoms with Gasteiger partial charge in [-0.25, -0.2) is 0 Å². The van der Waals surface area contributed by atoms with Gasteiger partial charge in [0.1, 0.15) is 0 Å². The van der Waals surface area contributed by atoms with Crippen molar-refractivity contribution in [3.63, 3.8) is 0 Å². The van der Waals surface area contributed by atoms with Gasteiger partial charge in [-0.15, -0.1) is 0 Å². The number of nitriles is 1. The van der Waals surface area contributed by atoms with Crippen LogP contribution in [0.15, 0.2) is 42.5 Å². The molecule has 0 spiro atoms. The van der Waals surface area contributed by atoms with Crippen LogP contribution in [0, 0.1) is 18.3 Å². The third-order valence-corrected chi connectivity index (χ3v) is 3.21. The summed E-state index contributed by atoms with van der Waals surface area (Å²) in [5.74, 6) is -0.265. The lowest BCUT2D eigenvalue weighted by atomic mass is 10.1. The van der Waals surface area contributed by atoms with Crippen LogP contribution in [-0.4, -0.2) is 5.91 Å². The number of carbonyl (C=O) groups excluding carboxylic acids is 1. The standard InChI is InChI=1S/C15H11ClN2O/c1-10-3-2-4-13(14(10)16)15(19)18-12-7-5-11(9-17)6-8-12/h2-8H,1H3,(H,18,19). The molecule has 0 saturated heterocycles. The summed E-state index contributed by atoms with van der Waals surface area (Å²) in [4.78, 5) is 12.1. The molecule has 1 amide bonds. The molecule has 0 aliphatic rings. The van der Waals surface area contributed by atoms with E-state index >= 15 is 0 Å². The van der Waals surface area contributed by atoms with Crippen molar-refractivity contribution in [3.8, 4) is 6.07 Å². The molecule has 0 radical (unpaired) electrons. The lowest BCUT2D eigenvalue weighted by Gasteiger charge is -2.08. The summed E-state index contributed by atoms with van der Waals surface area (Å²) in [6, 6.07) is 14.0. The fourth-order valence-electron chi connectivity index (χ4n) is 1.65. The van der Waals surface area contributed by atoms with Gasteiger partial charge in [-0.05, 0) is 42.8 Å². The van der Waals surface area contributed by atoms with E-state index in [1.54, 1.807) is 36.4 Å². The van der Waals surface area contributed by atoms with Gasteiger partial charge in [0.15, 0.2) is 0 Å². The largest absolute Gasteiger partial charge is 0.322 e. The van der Waals surface area contributed by atoms with Crippen LogP contribution in [0.1, 0.15) is 21.5 Å². The molecule has 19 heavy (non-hydrogen) atoms. The highest BCUT2D eigenvalue weighted by Gasteiger charge is 2.11. The second kappa shape index (κ2) is 5.55. The van der Waals surface area contributed by atoms with Crippen LogP contribution in [0.2, 0.25) is 5.02 Å². The topological polar surface area (TPSA) is 52.9 Å². The molecule has 0 saturated carbocycles. The highest BCUT2D eigenvalue weighted by Crippen LogP contribution is 2.21. The molecule has 2 aromatic carbocycles. The average molecular weight is 271 g/mol. The number of hydrogen-bond acceptors (Lipinski definition) is 2. The fourth-order valence-corrected chi connectivity index (χ4v) is 1.86.